The molecule has 1 aromatic heterocycles. The van der Waals surface area contributed by atoms with Gasteiger partial charge in [-0.15, -0.1) is 0 Å². The van der Waals surface area contributed by atoms with Crippen molar-refractivity contribution in [2.75, 3.05) is 31.5 Å². The molecule has 4 rings (SSSR count). The fourth-order valence-electron chi connectivity index (χ4n) is 4.41. The summed E-state index contributed by atoms with van der Waals surface area (Å²) in [6, 6.07) is 7.78. The molecule has 1 N–H and O–H groups in total. The van der Waals surface area contributed by atoms with E-state index in [-0.39, 0.29) is 28.3 Å². The van der Waals surface area contributed by atoms with E-state index in [1.165, 1.54) is 18.2 Å². The van der Waals surface area contributed by atoms with Gasteiger partial charge < -0.3 is 14.2 Å². The van der Waals surface area contributed by atoms with E-state index < -0.39 is 21.4 Å². The van der Waals surface area contributed by atoms with E-state index in [1.807, 2.05) is 4.90 Å². The topological polar surface area (TPSA) is 97.7 Å². The van der Waals surface area contributed by atoms with Gasteiger partial charge in [-0.2, -0.15) is 0 Å². The number of hydrogen-bond donors (Lipinski definition) is 1. The number of benzene rings is 1. The summed E-state index contributed by atoms with van der Waals surface area (Å²) in [5, 5.41) is 0. The maximum atomic E-state index is 13.4. The quantitative estimate of drug-likeness (QED) is 0.725. The van der Waals surface area contributed by atoms with Crippen LogP contribution in [0.15, 0.2) is 46.1 Å². The fraction of sp³-hybridized carbons (Fsp3) is 0.429. The number of fused-ring (bicyclic) bond motifs is 4. The van der Waals surface area contributed by atoms with E-state index in [9.17, 15) is 22.4 Å². The number of nitrogens with zero attached hydrogens (tertiary/aromatic N) is 2. The van der Waals surface area contributed by atoms with Gasteiger partial charge in [-0.25, -0.2) is 12.8 Å². The smallest absolute Gasteiger partial charge is 0.275 e. The zero-order valence-corrected chi connectivity index (χ0v) is 17.9. The van der Waals surface area contributed by atoms with Crippen LogP contribution in [-0.4, -0.2) is 50.6 Å². The number of rotatable bonds is 6. The number of carbonyl (C=O) groups is 1. The lowest BCUT2D eigenvalue weighted by Crippen LogP contribution is -2.49. The van der Waals surface area contributed by atoms with E-state index in [0.29, 0.717) is 32.7 Å². The number of methoxy groups -OCH3 is 1. The molecule has 1 fully saturated rings. The Kier molecular flexibility index (Phi) is 5.85. The minimum absolute atomic E-state index is 0.0144. The van der Waals surface area contributed by atoms with Crippen molar-refractivity contribution in [3.8, 4) is 0 Å². The van der Waals surface area contributed by atoms with Crippen LogP contribution >= 0.6 is 0 Å². The predicted octanol–water partition coefficient (Wildman–Crippen LogP) is 1.77. The Morgan fingerprint density at radius 2 is 2.03 bits per heavy atom. The number of piperidine rings is 1. The van der Waals surface area contributed by atoms with Crippen LogP contribution in [0.25, 0.3) is 0 Å². The number of hydrogen-bond acceptors (Lipinski definition) is 5. The summed E-state index contributed by atoms with van der Waals surface area (Å²) in [6.45, 7) is 1.86. The van der Waals surface area contributed by atoms with Crippen molar-refractivity contribution in [2.45, 2.75) is 30.2 Å². The van der Waals surface area contributed by atoms with Crippen LogP contribution < -0.4 is 10.3 Å². The van der Waals surface area contributed by atoms with E-state index in [4.69, 9.17) is 4.74 Å². The normalized spacial score (nSPS) is 20.3. The molecule has 8 nitrogen and oxygen atoms in total. The summed E-state index contributed by atoms with van der Waals surface area (Å²) in [5.41, 5.74) is 0.270. The number of anilines is 1. The van der Waals surface area contributed by atoms with Crippen molar-refractivity contribution in [3.05, 3.63) is 58.3 Å². The van der Waals surface area contributed by atoms with Crippen LogP contribution in [0.4, 0.5) is 10.1 Å². The fourth-order valence-corrected chi connectivity index (χ4v) is 5.50. The van der Waals surface area contributed by atoms with Crippen molar-refractivity contribution in [1.29, 1.82) is 0 Å². The lowest BCUT2D eigenvalue weighted by atomic mass is 9.83. The molecule has 0 aliphatic carbocycles. The van der Waals surface area contributed by atoms with Crippen LogP contribution in [0.5, 0.6) is 0 Å². The molecule has 0 saturated carbocycles. The second-order valence-electron chi connectivity index (χ2n) is 7.99. The largest absolute Gasteiger partial charge is 0.384 e. The molecule has 2 atom stereocenters. The third kappa shape index (κ3) is 4.35. The first-order chi connectivity index (χ1) is 14.8. The highest BCUT2D eigenvalue weighted by Gasteiger charge is 2.36. The maximum absolute atomic E-state index is 13.4. The van der Waals surface area contributed by atoms with Crippen LogP contribution in [0, 0.1) is 11.7 Å². The molecular weight excluding hydrogens is 425 g/mol. The van der Waals surface area contributed by atoms with E-state index >= 15 is 0 Å². The zero-order valence-electron chi connectivity index (χ0n) is 17.1. The minimum atomic E-state index is -4.10. The van der Waals surface area contributed by atoms with Gasteiger partial charge in [-0.05, 0) is 42.7 Å². The lowest BCUT2D eigenvalue weighted by molar-refractivity contribution is -0.134. The first kappa shape index (κ1) is 21.5. The number of ether oxygens (including phenoxy) is 1. The van der Waals surface area contributed by atoms with Gasteiger partial charge >= 0.3 is 0 Å². The van der Waals surface area contributed by atoms with Crippen molar-refractivity contribution in [3.63, 3.8) is 0 Å². The Labute approximate surface area is 179 Å². The summed E-state index contributed by atoms with van der Waals surface area (Å²) in [6.07, 6.45) is 1.20. The lowest BCUT2D eigenvalue weighted by Gasteiger charge is -2.43. The zero-order chi connectivity index (χ0) is 22.2. The molecule has 2 aromatic rings. The number of halogens is 1. The summed E-state index contributed by atoms with van der Waals surface area (Å²) >= 11 is 0. The maximum Gasteiger partial charge on any atom is 0.275 e. The molecule has 1 amide bonds. The number of pyridine rings is 1. The molecule has 0 radical (unpaired) electrons. The van der Waals surface area contributed by atoms with E-state index in [2.05, 4.69) is 4.72 Å². The van der Waals surface area contributed by atoms with E-state index in [1.54, 1.807) is 17.7 Å². The Morgan fingerprint density at radius 3 is 2.77 bits per heavy atom. The van der Waals surface area contributed by atoms with Crippen LogP contribution in [-0.2, 0) is 26.1 Å². The first-order valence-corrected chi connectivity index (χ1v) is 11.6. The van der Waals surface area contributed by atoms with E-state index in [0.717, 1.165) is 24.2 Å². The Morgan fingerprint density at radius 1 is 1.23 bits per heavy atom. The molecule has 10 heteroatoms. The van der Waals surface area contributed by atoms with Crippen LogP contribution in [0.2, 0.25) is 0 Å². The number of nitrogens with one attached hydrogen (secondary N) is 1. The standard InChI is InChI=1S/C21H24FN3O5S/c1-30-8-7-20(26)24-11-14-9-15(13-24)19-6-5-18(21(27)25(19)12-14)23-31(28,29)17-4-2-3-16(22)10-17/h2-6,10,14-15,23H,7-9,11-13H2,1H3. The molecule has 2 bridgehead atoms. The summed E-state index contributed by atoms with van der Waals surface area (Å²) in [5.74, 6) is -0.514. The highest BCUT2D eigenvalue weighted by atomic mass is 32.2. The van der Waals surface area contributed by atoms with Gasteiger partial charge in [-0.1, -0.05) is 6.07 Å². The van der Waals surface area contributed by atoms with Crippen molar-refractivity contribution in [2.24, 2.45) is 5.92 Å². The molecule has 1 saturated heterocycles. The number of aromatic nitrogens is 1. The number of likely N-dealkylation sites (tertiary alicyclic amines) is 1. The monoisotopic (exact) mass is 449 g/mol. The molecule has 1 aromatic carbocycles. The molecule has 3 heterocycles. The second kappa shape index (κ2) is 8.43. The van der Waals surface area contributed by atoms with Gasteiger partial charge in [0.1, 0.15) is 11.5 Å². The Hall–Kier alpha value is -2.72. The number of amides is 1. The molecular formula is C21H24FN3O5S. The average Bonchev–Trinajstić information content (AvgIpc) is 2.74. The van der Waals surface area contributed by atoms with Crippen molar-refractivity contribution < 1.29 is 22.3 Å². The molecule has 2 unspecified atom stereocenters. The van der Waals surface area contributed by atoms with Gasteiger partial charge in [-0.3, -0.25) is 14.3 Å². The Balaban J connectivity index is 1.58. The third-order valence-electron chi connectivity index (χ3n) is 5.83. The van der Waals surface area contributed by atoms with Gasteiger partial charge in [0.15, 0.2) is 0 Å². The first-order valence-electron chi connectivity index (χ1n) is 10.1. The van der Waals surface area contributed by atoms with Gasteiger partial charge in [0, 0.05) is 38.4 Å². The number of carbonyl (C=O) groups excluding carboxylic acids is 1. The SMILES string of the molecule is COCCC(=O)N1CC2CC(C1)c1ccc(NS(=O)(=O)c3cccc(F)c3)c(=O)n1C2. The minimum Gasteiger partial charge on any atom is -0.384 e. The van der Waals surface area contributed by atoms with Crippen LogP contribution in [0.1, 0.15) is 24.5 Å². The molecule has 2 aliphatic rings. The average molecular weight is 450 g/mol. The van der Waals surface area contributed by atoms with Gasteiger partial charge in [0.05, 0.1) is 17.9 Å². The molecule has 2 aliphatic heterocycles. The van der Waals surface area contributed by atoms with Gasteiger partial charge in [0.2, 0.25) is 5.91 Å². The van der Waals surface area contributed by atoms with Crippen molar-refractivity contribution >= 4 is 21.6 Å². The molecule has 166 valence electrons. The second-order valence-corrected chi connectivity index (χ2v) is 9.67. The summed E-state index contributed by atoms with van der Waals surface area (Å²) in [7, 11) is -2.54. The third-order valence-corrected chi connectivity index (χ3v) is 7.19. The Bertz CT molecular complexity index is 1160. The molecule has 0 spiro atoms. The molecule has 31 heavy (non-hydrogen) atoms. The highest BCUT2D eigenvalue weighted by molar-refractivity contribution is 7.92. The summed E-state index contributed by atoms with van der Waals surface area (Å²) in [4.78, 5) is 27.0. The van der Waals surface area contributed by atoms with Crippen LogP contribution in [0.3, 0.4) is 0 Å². The highest BCUT2D eigenvalue weighted by Crippen LogP contribution is 2.35. The number of sulfonamides is 1. The van der Waals surface area contributed by atoms with Gasteiger partial charge in [0.25, 0.3) is 15.6 Å². The summed E-state index contributed by atoms with van der Waals surface area (Å²) < 4.78 is 47.5. The predicted molar refractivity (Wildman–Crippen MR) is 112 cm³/mol. The van der Waals surface area contributed by atoms with Crippen molar-refractivity contribution in [1.82, 2.24) is 9.47 Å².